The lowest BCUT2D eigenvalue weighted by molar-refractivity contribution is 0.237. The first-order valence-electron chi connectivity index (χ1n) is 8.61. The predicted molar refractivity (Wildman–Crippen MR) is 82.7 cm³/mol. The average Bonchev–Trinajstić information content (AvgIpc) is 3.11. The van der Waals surface area contributed by atoms with Crippen molar-refractivity contribution in [1.82, 2.24) is 4.57 Å². The van der Waals surface area contributed by atoms with Gasteiger partial charge in [0, 0.05) is 23.5 Å². The van der Waals surface area contributed by atoms with Crippen LogP contribution < -0.4 is 5.73 Å². The molecule has 0 saturated heterocycles. The highest BCUT2D eigenvalue weighted by Crippen LogP contribution is 2.52. The van der Waals surface area contributed by atoms with Crippen LogP contribution in [0.1, 0.15) is 74.5 Å². The van der Waals surface area contributed by atoms with Crippen molar-refractivity contribution in [2.45, 2.75) is 70.9 Å². The number of nitrogens with two attached hydrogens (primary N) is 1. The fourth-order valence-electron chi connectivity index (χ4n) is 5.60. The second-order valence-electron chi connectivity index (χ2n) is 7.64. The summed E-state index contributed by atoms with van der Waals surface area (Å²) in [6, 6.07) is 3.34. The molecule has 2 N–H and O–H groups in total. The van der Waals surface area contributed by atoms with E-state index in [0.29, 0.717) is 6.04 Å². The lowest BCUT2D eigenvalue weighted by Gasteiger charge is -2.32. The summed E-state index contributed by atoms with van der Waals surface area (Å²) >= 11 is 0. The predicted octanol–water partition coefficient (Wildman–Crippen LogP) is 4.13. The van der Waals surface area contributed by atoms with Gasteiger partial charge in [0.05, 0.1) is 0 Å². The smallest absolute Gasteiger partial charge is 0.0338 e. The molecular weight excluding hydrogens is 244 g/mol. The summed E-state index contributed by atoms with van der Waals surface area (Å²) in [5, 5.41) is 0. The van der Waals surface area contributed by atoms with Crippen molar-refractivity contribution in [2.24, 2.45) is 23.5 Å². The Bertz CT molecular complexity index is 516. The van der Waals surface area contributed by atoms with E-state index in [-0.39, 0.29) is 6.04 Å². The van der Waals surface area contributed by atoms with Crippen LogP contribution in [0.5, 0.6) is 0 Å². The van der Waals surface area contributed by atoms with Gasteiger partial charge < -0.3 is 10.3 Å². The molecule has 2 nitrogen and oxygen atoms in total. The zero-order chi connectivity index (χ0) is 13.9. The quantitative estimate of drug-likeness (QED) is 0.862. The number of aromatic nitrogens is 1. The van der Waals surface area contributed by atoms with E-state index in [2.05, 4.69) is 24.5 Å². The molecule has 0 amide bonds. The van der Waals surface area contributed by atoms with Crippen molar-refractivity contribution in [2.75, 3.05) is 0 Å². The minimum atomic E-state index is 0.283. The summed E-state index contributed by atoms with van der Waals surface area (Å²) in [5.41, 5.74) is 10.8. The van der Waals surface area contributed by atoms with E-state index in [0.717, 1.165) is 17.8 Å². The summed E-state index contributed by atoms with van der Waals surface area (Å²) in [6.07, 6.45) is 9.65. The Morgan fingerprint density at radius 1 is 1.25 bits per heavy atom. The molecule has 3 aliphatic rings. The van der Waals surface area contributed by atoms with E-state index in [4.69, 9.17) is 5.73 Å². The first kappa shape index (κ1) is 12.9. The number of fused-ring (bicyclic) bond motifs is 3. The molecule has 0 spiro atoms. The van der Waals surface area contributed by atoms with Crippen LogP contribution >= 0.6 is 0 Å². The van der Waals surface area contributed by atoms with Gasteiger partial charge in [-0.05, 0) is 81.8 Å². The van der Waals surface area contributed by atoms with Crippen LogP contribution in [0, 0.1) is 24.7 Å². The van der Waals surface area contributed by atoms with E-state index in [1.807, 2.05) is 0 Å². The van der Waals surface area contributed by atoms with Crippen LogP contribution in [0.25, 0.3) is 0 Å². The summed E-state index contributed by atoms with van der Waals surface area (Å²) in [6.45, 7) is 4.76. The highest BCUT2D eigenvalue weighted by Gasteiger charge is 2.43. The lowest BCUT2D eigenvalue weighted by atomic mass is 9.83. The van der Waals surface area contributed by atoms with Gasteiger partial charge >= 0.3 is 0 Å². The van der Waals surface area contributed by atoms with E-state index in [1.54, 1.807) is 5.69 Å². The Morgan fingerprint density at radius 3 is 2.80 bits per heavy atom. The Hall–Kier alpha value is -0.760. The van der Waals surface area contributed by atoms with Crippen LogP contribution in [0.15, 0.2) is 6.07 Å². The van der Waals surface area contributed by atoms with E-state index in [1.165, 1.54) is 56.2 Å². The standard InChI is InChI=1S/C18H28N2/c1-11-8-16-17(19)4-3-5-18(16)20(11)12(2)15-10-13-6-7-14(15)9-13/h8,12-15,17H,3-7,9-10,19H2,1-2H3. The maximum Gasteiger partial charge on any atom is 0.0338 e. The first-order chi connectivity index (χ1) is 9.65. The Labute approximate surface area is 122 Å². The molecule has 1 aromatic rings. The summed E-state index contributed by atoms with van der Waals surface area (Å²) in [7, 11) is 0. The highest BCUT2D eigenvalue weighted by atomic mass is 15.0. The SMILES string of the molecule is Cc1cc2c(n1C(C)C1CC3CCC1C3)CCCC2N. The van der Waals surface area contributed by atoms with E-state index >= 15 is 0 Å². The summed E-state index contributed by atoms with van der Waals surface area (Å²) in [5.74, 6) is 2.97. The summed E-state index contributed by atoms with van der Waals surface area (Å²) in [4.78, 5) is 0. The molecule has 1 aromatic heterocycles. The Kier molecular flexibility index (Phi) is 2.99. The van der Waals surface area contributed by atoms with Crippen LogP contribution in [-0.2, 0) is 6.42 Å². The molecule has 4 rings (SSSR count). The largest absolute Gasteiger partial charge is 0.346 e. The molecule has 110 valence electrons. The van der Waals surface area contributed by atoms with Gasteiger partial charge in [0.2, 0.25) is 0 Å². The number of hydrogen-bond acceptors (Lipinski definition) is 1. The van der Waals surface area contributed by atoms with Gasteiger partial charge in [0.15, 0.2) is 0 Å². The fourth-order valence-corrected chi connectivity index (χ4v) is 5.60. The highest BCUT2D eigenvalue weighted by molar-refractivity contribution is 5.33. The molecule has 1 heterocycles. The average molecular weight is 272 g/mol. The van der Waals surface area contributed by atoms with E-state index in [9.17, 15) is 0 Å². The molecule has 5 atom stereocenters. The third kappa shape index (κ3) is 1.80. The van der Waals surface area contributed by atoms with Crippen molar-refractivity contribution in [1.29, 1.82) is 0 Å². The van der Waals surface area contributed by atoms with Crippen molar-refractivity contribution in [3.05, 3.63) is 23.0 Å². The Morgan fingerprint density at radius 2 is 2.10 bits per heavy atom. The minimum Gasteiger partial charge on any atom is -0.346 e. The molecule has 2 fully saturated rings. The molecule has 0 aliphatic heterocycles. The first-order valence-corrected chi connectivity index (χ1v) is 8.61. The zero-order valence-corrected chi connectivity index (χ0v) is 12.9. The lowest BCUT2D eigenvalue weighted by Crippen LogP contribution is -2.26. The maximum absolute atomic E-state index is 6.33. The monoisotopic (exact) mass is 272 g/mol. The summed E-state index contributed by atoms with van der Waals surface area (Å²) < 4.78 is 2.67. The Balaban J connectivity index is 1.68. The van der Waals surface area contributed by atoms with Crippen molar-refractivity contribution < 1.29 is 0 Å². The fraction of sp³-hybridized carbons (Fsp3) is 0.778. The number of rotatable bonds is 2. The molecule has 2 bridgehead atoms. The molecule has 2 saturated carbocycles. The molecule has 20 heavy (non-hydrogen) atoms. The van der Waals surface area contributed by atoms with Crippen LogP contribution in [0.3, 0.4) is 0 Å². The number of nitrogens with zero attached hydrogens (tertiary/aromatic N) is 1. The second kappa shape index (κ2) is 4.62. The van der Waals surface area contributed by atoms with Gasteiger partial charge in [-0.15, -0.1) is 0 Å². The van der Waals surface area contributed by atoms with Gasteiger partial charge in [-0.2, -0.15) is 0 Å². The molecule has 5 unspecified atom stereocenters. The zero-order valence-electron chi connectivity index (χ0n) is 12.9. The van der Waals surface area contributed by atoms with E-state index < -0.39 is 0 Å². The normalized spacial score (nSPS) is 37.1. The van der Waals surface area contributed by atoms with Gasteiger partial charge in [-0.1, -0.05) is 6.42 Å². The number of hydrogen-bond donors (Lipinski definition) is 1. The van der Waals surface area contributed by atoms with Crippen molar-refractivity contribution in [3.63, 3.8) is 0 Å². The topological polar surface area (TPSA) is 30.9 Å². The number of aryl methyl sites for hydroxylation is 1. The van der Waals surface area contributed by atoms with Crippen molar-refractivity contribution in [3.8, 4) is 0 Å². The third-order valence-electron chi connectivity index (χ3n) is 6.52. The van der Waals surface area contributed by atoms with Gasteiger partial charge in [-0.3, -0.25) is 0 Å². The van der Waals surface area contributed by atoms with Crippen molar-refractivity contribution >= 4 is 0 Å². The van der Waals surface area contributed by atoms with Crippen LogP contribution in [-0.4, -0.2) is 4.57 Å². The molecule has 0 radical (unpaired) electrons. The third-order valence-corrected chi connectivity index (χ3v) is 6.52. The molecular formula is C18H28N2. The van der Waals surface area contributed by atoms with Crippen LogP contribution in [0.2, 0.25) is 0 Å². The minimum absolute atomic E-state index is 0.283. The second-order valence-corrected chi connectivity index (χ2v) is 7.64. The van der Waals surface area contributed by atoms with Crippen LogP contribution in [0.4, 0.5) is 0 Å². The maximum atomic E-state index is 6.33. The van der Waals surface area contributed by atoms with Gasteiger partial charge in [0.25, 0.3) is 0 Å². The van der Waals surface area contributed by atoms with Gasteiger partial charge in [-0.25, -0.2) is 0 Å². The molecule has 0 aromatic carbocycles. The molecule has 2 heteroatoms. The van der Waals surface area contributed by atoms with Gasteiger partial charge in [0.1, 0.15) is 0 Å². The molecule has 3 aliphatic carbocycles.